The molecule has 0 aromatic heterocycles. The first kappa shape index (κ1) is 21.6. The third-order valence-corrected chi connectivity index (χ3v) is 7.21. The molecule has 0 spiro atoms. The van der Waals surface area contributed by atoms with Crippen LogP contribution in [0.5, 0.6) is 0 Å². The summed E-state index contributed by atoms with van der Waals surface area (Å²) < 4.78 is 15.6. The summed E-state index contributed by atoms with van der Waals surface area (Å²) >= 11 is 2.06. The summed E-state index contributed by atoms with van der Waals surface area (Å²) in [7, 11) is 0. The second-order valence-electron chi connectivity index (χ2n) is 6.63. The van der Waals surface area contributed by atoms with Crippen LogP contribution in [0, 0.1) is 23.2 Å². The number of ether oxygens (including phenoxy) is 2. The van der Waals surface area contributed by atoms with Crippen molar-refractivity contribution < 1.29 is 28.0 Å². The Labute approximate surface area is 163 Å². The zero-order chi connectivity index (χ0) is 19.2. The van der Waals surface area contributed by atoms with E-state index in [0.29, 0.717) is 18.8 Å². The van der Waals surface area contributed by atoms with Crippen LogP contribution in [-0.2, 0) is 23.2 Å². The minimum absolute atomic E-state index is 0.0548. The Hall–Kier alpha value is -0.730. The molecule has 0 saturated heterocycles. The van der Waals surface area contributed by atoms with E-state index < -0.39 is 17.4 Å². The monoisotopic (exact) mass is 404 g/mol. The molecule has 0 radical (unpaired) electrons. The van der Waals surface area contributed by atoms with Crippen LogP contribution in [0.3, 0.4) is 0 Å². The number of esters is 2. The van der Waals surface area contributed by atoms with Crippen molar-refractivity contribution in [3.8, 4) is 0 Å². The summed E-state index contributed by atoms with van der Waals surface area (Å²) in [6, 6.07) is 0. The molecule has 0 aromatic rings. The van der Waals surface area contributed by atoms with Gasteiger partial charge in [0.05, 0.1) is 31.9 Å². The van der Waals surface area contributed by atoms with Crippen LogP contribution in [0.25, 0.3) is 0 Å². The molecule has 2 rings (SSSR count). The first-order chi connectivity index (χ1) is 12.5. The van der Waals surface area contributed by atoms with E-state index in [1.54, 1.807) is 13.8 Å². The smallest absolute Gasteiger partial charge is 0.323 e. The van der Waals surface area contributed by atoms with Gasteiger partial charge in [-0.15, -0.1) is 0 Å². The van der Waals surface area contributed by atoms with Crippen molar-refractivity contribution >= 4 is 40.2 Å². The average molecular weight is 405 g/mol. The van der Waals surface area contributed by atoms with E-state index in [4.69, 9.17) is 13.7 Å². The van der Waals surface area contributed by atoms with E-state index in [-0.39, 0.29) is 35.4 Å². The molecular formula is C18H28O6S2. The van der Waals surface area contributed by atoms with Crippen LogP contribution in [0.15, 0.2) is 0 Å². The highest BCUT2D eigenvalue weighted by molar-refractivity contribution is 8.36. The number of carbonyl (C=O) groups excluding carboxylic acids is 3. The Balaban J connectivity index is 2.17. The van der Waals surface area contributed by atoms with Crippen LogP contribution >= 0.6 is 23.8 Å². The summed E-state index contributed by atoms with van der Waals surface area (Å²) in [5.74, 6) is -0.0223. The SMILES string of the molecule is CCOSC(=O)SCC1CC(C(=O)OCC)(C(=O)OCC)C2CCCC12. The standard InChI is InChI=1S/C18H28O6S2/c1-4-22-15(19)18(16(20)23-5-2)10-12(13-8-7-9-14(13)18)11-25-17(21)26-24-6-3/h12-14H,4-11H2,1-3H3. The van der Waals surface area contributed by atoms with Crippen LogP contribution in [-0.4, -0.2) is 42.0 Å². The van der Waals surface area contributed by atoms with Crippen molar-refractivity contribution in [2.75, 3.05) is 25.6 Å². The lowest BCUT2D eigenvalue weighted by Crippen LogP contribution is -2.45. The molecule has 0 aliphatic heterocycles. The molecule has 2 aliphatic rings. The third-order valence-electron chi connectivity index (χ3n) is 5.33. The summed E-state index contributed by atoms with van der Waals surface area (Å²) in [6.07, 6.45) is 3.19. The molecular weight excluding hydrogens is 376 g/mol. The molecule has 0 amide bonds. The van der Waals surface area contributed by atoms with E-state index in [1.165, 1.54) is 11.8 Å². The van der Waals surface area contributed by atoms with Crippen molar-refractivity contribution in [2.45, 2.75) is 46.5 Å². The zero-order valence-corrected chi connectivity index (χ0v) is 17.3. The highest BCUT2D eigenvalue weighted by Crippen LogP contribution is 2.59. The lowest BCUT2D eigenvalue weighted by Gasteiger charge is -2.30. The van der Waals surface area contributed by atoms with E-state index in [2.05, 4.69) is 0 Å². The van der Waals surface area contributed by atoms with E-state index in [0.717, 1.165) is 31.3 Å². The van der Waals surface area contributed by atoms with Gasteiger partial charge >= 0.3 is 11.9 Å². The topological polar surface area (TPSA) is 78.9 Å². The fourth-order valence-corrected chi connectivity index (χ4v) is 5.91. The van der Waals surface area contributed by atoms with Crippen molar-refractivity contribution in [1.29, 1.82) is 0 Å². The Morgan fingerprint density at radius 1 is 1.00 bits per heavy atom. The Bertz CT molecular complexity index is 506. The first-order valence-corrected chi connectivity index (χ1v) is 11.0. The summed E-state index contributed by atoms with van der Waals surface area (Å²) in [5, 5.41) is 0. The Kier molecular flexibility index (Phi) is 8.29. The van der Waals surface area contributed by atoms with Gasteiger partial charge in [0.25, 0.3) is 4.45 Å². The van der Waals surface area contributed by atoms with Gasteiger partial charge in [0.15, 0.2) is 5.41 Å². The minimum Gasteiger partial charge on any atom is -0.465 e. The van der Waals surface area contributed by atoms with Gasteiger partial charge in [-0.3, -0.25) is 14.4 Å². The molecule has 0 N–H and O–H groups in total. The molecule has 0 bridgehead atoms. The van der Waals surface area contributed by atoms with Gasteiger partial charge in [0.2, 0.25) is 0 Å². The van der Waals surface area contributed by atoms with Crippen molar-refractivity contribution in [2.24, 2.45) is 23.2 Å². The van der Waals surface area contributed by atoms with Gasteiger partial charge in [0, 0.05) is 5.75 Å². The summed E-state index contributed by atoms with van der Waals surface area (Å²) in [6.45, 7) is 6.27. The van der Waals surface area contributed by atoms with E-state index in [1.807, 2.05) is 6.92 Å². The number of rotatable bonds is 8. The van der Waals surface area contributed by atoms with Crippen molar-refractivity contribution in [1.82, 2.24) is 0 Å². The van der Waals surface area contributed by atoms with Crippen molar-refractivity contribution in [3.05, 3.63) is 0 Å². The van der Waals surface area contributed by atoms with Crippen molar-refractivity contribution in [3.63, 3.8) is 0 Å². The predicted octanol–water partition coefficient (Wildman–Crippen LogP) is 4.07. The molecule has 148 valence electrons. The van der Waals surface area contributed by atoms with E-state index in [9.17, 15) is 14.4 Å². The number of fused-ring (bicyclic) bond motifs is 1. The first-order valence-electron chi connectivity index (χ1n) is 9.31. The minimum atomic E-state index is -1.21. The molecule has 2 aliphatic carbocycles. The lowest BCUT2D eigenvalue weighted by atomic mass is 9.76. The maximum Gasteiger partial charge on any atom is 0.323 e. The van der Waals surface area contributed by atoms with Crippen LogP contribution in [0.2, 0.25) is 0 Å². The molecule has 0 heterocycles. The second kappa shape index (κ2) is 9.99. The number of carbonyl (C=O) groups is 3. The fraction of sp³-hybridized carbons (Fsp3) is 0.833. The fourth-order valence-electron chi connectivity index (χ4n) is 4.44. The average Bonchev–Trinajstić information content (AvgIpc) is 3.20. The molecule has 2 saturated carbocycles. The Morgan fingerprint density at radius 3 is 2.23 bits per heavy atom. The van der Waals surface area contributed by atoms with Gasteiger partial charge in [0.1, 0.15) is 0 Å². The molecule has 6 nitrogen and oxygen atoms in total. The molecule has 3 unspecified atom stereocenters. The van der Waals surface area contributed by atoms with Crippen LogP contribution in [0.1, 0.15) is 46.5 Å². The molecule has 2 fully saturated rings. The van der Waals surface area contributed by atoms with Crippen LogP contribution in [0.4, 0.5) is 4.79 Å². The number of thioether (sulfide) groups is 1. The lowest BCUT2D eigenvalue weighted by molar-refractivity contribution is -0.175. The largest absolute Gasteiger partial charge is 0.465 e. The maximum atomic E-state index is 12.8. The van der Waals surface area contributed by atoms with Gasteiger partial charge in [-0.1, -0.05) is 18.2 Å². The van der Waals surface area contributed by atoms with Gasteiger partial charge in [-0.05, 0) is 57.8 Å². The normalized spacial score (nSPS) is 26.3. The van der Waals surface area contributed by atoms with Crippen LogP contribution < -0.4 is 0 Å². The van der Waals surface area contributed by atoms with Gasteiger partial charge in [-0.2, -0.15) is 0 Å². The summed E-state index contributed by atoms with van der Waals surface area (Å²) in [5.41, 5.74) is -1.21. The summed E-state index contributed by atoms with van der Waals surface area (Å²) in [4.78, 5) is 37.6. The zero-order valence-electron chi connectivity index (χ0n) is 15.7. The number of hydrogen-bond acceptors (Lipinski definition) is 8. The highest BCUT2D eigenvalue weighted by atomic mass is 32.2. The molecule has 3 atom stereocenters. The number of hydrogen-bond donors (Lipinski definition) is 0. The predicted molar refractivity (Wildman–Crippen MR) is 102 cm³/mol. The maximum absolute atomic E-state index is 12.8. The molecule has 8 heteroatoms. The quantitative estimate of drug-likeness (QED) is 0.340. The van der Waals surface area contributed by atoms with E-state index >= 15 is 0 Å². The van der Waals surface area contributed by atoms with Gasteiger partial charge < -0.3 is 13.7 Å². The highest BCUT2D eigenvalue weighted by Gasteiger charge is 2.64. The molecule has 0 aromatic carbocycles. The Morgan fingerprint density at radius 2 is 1.65 bits per heavy atom. The van der Waals surface area contributed by atoms with Gasteiger partial charge in [-0.25, -0.2) is 0 Å². The second-order valence-corrected chi connectivity index (χ2v) is 8.65. The molecule has 26 heavy (non-hydrogen) atoms. The third kappa shape index (κ3) is 4.39.